The number of nitrogens with one attached hydrogen (secondary N) is 1. The molecule has 0 saturated carbocycles. The van der Waals surface area contributed by atoms with Gasteiger partial charge in [-0.3, -0.25) is 9.69 Å². The summed E-state index contributed by atoms with van der Waals surface area (Å²) in [6.45, 7) is 0.119. The second-order valence-corrected chi connectivity index (χ2v) is 8.75. The zero-order chi connectivity index (χ0) is 19.9. The minimum absolute atomic E-state index is 0.0467. The first-order valence-corrected chi connectivity index (χ1v) is 10.3. The number of carbonyl (C=O) groups excluding carboxylic acids is 2. The second-order valence-electron chi connectivity index (χ2n) is 6.40. The molecule has 28 heavy (non-hydrogen) atoms. The number of sulfonamides is 1. The van der Waals surface area contributed by atoms with Crippen LogP contribution in [0.4, 0.5) is 4.79 Å². The van der Waals surface area contributed by atoms with Gasteiger partial charge in [-0.25, -0.2) is 13.2 Å². The second kappa shape index (κ2) is 7.08. The van der Waals surface area contributed by atoms with Crippen LogP contribution in [0.5, 0.6) is 11.5 Å². The summed E-state index contributed by atoms with van der Waals surface area (Å²) in [4.78, 5) is 24.6. The molecule has 1 N–H and O–H groups in total. The largest absolute Gasteiger partial charge is 0.456 e. The number of imide groups is 1. The first-order valence-electron chi connectivity index (χ1n) is 8.49. The molecular weight excluding hydrogens is 406 g/mol. The summed E-state index contributed by atoms with van der Waals surface area (Å²) in [6.07, 6.45) is 0. The van der Waals surface area contributed by atoms with E-state index in [1.807, 2.05) is 0 Å². The zero-order valence-corrected chi connectivity index (χ0v) is 16.1. The molecule has 4 rings (SSSR count). The maximum Gasteiger partial charge on any atom is 0.324 e. The number of hydrogen-bond donors (Lipinski definition) is 1. The Kier molecular flexibility index (Phi) is 4.74. The fraction of sp³-hybridized carbons (Fsp3) is 0.222. The predicted molar refractivity (Wildman–Crippen MR) is 101 cm³/mol. The lowest BCUT2D eigenvalue weighted by Gasteiger charge is -2.41. The molecule has 146 valence electrons. The highest BCUT2D eigenvalue weighted by molar-refractivity contribution is 7.89. The van der Waals surface area contributed by atoms with Gasteiger partial charge in [-0.2, -0.15) is 4.31 Å². The van der Waals surface area contributed by atoms with Crippen molar-refractivity contribution in [1.29, 1.82) is 0 Å². The minimum atomic E-state index is -3.72. The molecule has 3 amide bonds. The molecule has 8 nitrogen and oxygen atoms in total. The van der Waals surface area contributed by atoms with Crippen molar-refractivity contribution < 1.29 is 22.7 Å². The number of carbonyl (C=O) groups is 2. The standard InChI is InChI=1S/C18H16ClN3O5S/c19-15-3-1-2-4-16(15)27-13-5-7-14(8-6-13)28(25,26)21-10-12(11-21)22-17(23)9-20-18(22)24/h1-8,12H,9-11H2,(H,20,24). The van der Waals surface area contributed by atoms with Crippen LogP contribution in [-0.4, -0.2) is 55.2 Å². The van der Waals surface area contributed by atoms with Gasteiger partial charge < -0.3 is 10.1 Å². The van der Waals surface area contributed by atoms with Gasteiger partial charge in [0.05, 0.1) is 22.5 Å². The molecule has 0 unspecified atom stereocenters. The lowest BCUT2D eigenvalue weighted by molar-refractivity contribution is -0.128. The number of halogens is 1. The van der Waals surface area contributed by atoms with Crippen LogP contribution in [-0.2, 0) is 14.8 Å². The average molecular weight is 422 g/mol. The number of nitrogens with zero attached hydrogens (tertiary/aromatic N) is 2. The van der Waals surface area contributed by atoms with E-state index in [4.69, 9.17) is 16.3 Å². The Balaban J connectivity index is 1.43. The molecule has 2 aromatic rings. The Morgan fingerprint density at radius 2 is 1.71 bits per heavy atom. The number of para-hydroxylation sites is 1. The molecule has 2 aliphatic heterocycles. The maximum atomic E-state index is 12.7. The van der Waals surface area contributed by atoms with E-state index in [2.05, 4.69) is 5.32 Å². The Morgan fingerprint density at radius 1 is 1.04 bits per heavy atom. The van der Waals surface area contributed by atoms with Crippen LogP contribution >= 0.6 is 11.6 Å². The SMILES string of the molecule is O=C1CNC(=O)N1C1CN(S(=O)(=O)c2ccc(Oc3ccccc3Cl)cc2)C1. The van der Waals surface area contributed by atoms with Crippen molar-refractivity contribution in [2.45, 2.75) is 10.9 Å². The summed E-state index contributed by atoms with van der Waals surface area (Å²) in [5.74, 6) is 0.583. The van der Waals surface area contributed by atoms with Crippen LogP contribution in [0.3, 0.4) is 0 Å². The van der Waals surface area contributed by atoms with Crippen molar-refractivity contribution in [2.75, 3.05) is 19.6 Å². The lowest BCUT2D eigenvalue weighted by Crippen LogP contribution is -2.62. The maximum absolute atomic E-state index is 12.7. The van der Waals surface area contributed by atoms with E-state index in [-0.39, 0.29) is 30.4 Å². The van der Waals surface area contributed by atoms with Gasteiger partial charge in [-0.05, 0) is 36.4 Å². The van der Waals surface area contributed by atoms with E-state index in [0.717, 1.165) is 4.90 Å². The van der Waals surface area contributed by atoms with Gasteiger partial charge in [0.15, 0.2) is 0 Å². The number of amides is 3. The molecule has 2 heterocycles. The van der Waals surface area contributed by atoms with Crippen molar-refractivity contribution in [1.82, 2.24) is 14.5 Å². The Hall–Kier alpha value is -2.62. The van der Waals surface area contributed by atoms with Gasteiger partial charge in [0.2, 0.25) is 15.9 Å². The Labute approximate surface area is 166 Å². The molecule has 10 heteroatoms. The van der Waals surface area contributed by atoms with Gasteiger partial charge in [0.1, 0.15) is 11.5 Å². The van der Waals surface area contributed by atoms with Gasteiger partial charge in [-0.1, -0.05) is 23.7 Å². The Morgan fingerprint density at radius 3 is 2.32 bits per heavy atom. The van der Waals surface area contributed by atoms with Crippen molar-refractivity contribution in [3.8, 4) is 11.5 Å². The summed E-state index contributed by atoms with van der Waals surface area (Å²) in [5, 5.41) is 2.88. The molecule has 2 saturated heterocycles. The molecular formula is C18H16ClN3O5S. The van der Waals surface area contributed by atoms with Gasteiger partial charge in [0, 0.05) is 13.1 Å². The summed E-state index contributed by atoms with van der Waals surface area (Å²) in [7, 11) is -3.72. The molecule has 0 radical (unpaired) electrons. The first kappa shape index (κ1) is 18.7. The average Bonchev–Trinajstić information content (AvgIpc) is 2.95. The van der Waals surface area contributed by atoms with Gasteiger partial charge >= 0.3 is 6.03 Å². The van der Waals surface area contributed by atoms with Crippen molar-refractivity contribution in [3.05, 3.63) is 53.6 Å². The molecule has 2 fully saturated rings. The highest BCUT2D eigenvalue weighted by atomic mass is 35.5. The summed E-state index contributed by atoms with van der Waals surface area (Å²) < 4.78 is 32.3. The minimum Gasteiger partial charge on any atom is -0.456 e. The van der Waals surface area contributed by atoms with Crippen molar-refractivity contribution >= 4 is 33.6 Å². The normalized spacial score (nSPS) is 18.1. The topological polar surface area (TPSA) is 96.0 Å². The first-order chi connectivity index (χ1) is 13.4. The number of benzene rings is 2. The quantitative estimate of drug-likeness (QED) is 0.745. The highest BCUT2D eigenvalue weighted by Crippen LogP contribution is 2.31. The fourth-order valence-electron chi connectivity index (χ4n) is 3.06. The van der Waals surface area contributed by atoms with E-state index < -0.39 is 22.1 Å². The predicted octanol–water partition coefficient (Wildman–Crippen LogP) is 2.06. The van der Waals surface area contributed by atoms with Crippen LogP contribution in [0.1, 0.15) is 0 Å². The lowest BCUT2D eigenvalue weighted by atomic mass is 10.1. The van der Waals surface area contributed by atoms with Crippen LogP contribution in [0.2, 0.25) is 5.02 Å². The molecule has 0 aliphatic carbocycles. The highest BCUT2D eigenvalue weighted by Gasteiger charge is 2.45. The Bertz CT molecular complexity index is 1020. The summed E-state index contributed by atoms with van der Waals surface area (Å²) >= 11 is 6.05. The van der Waals surface area contributed by atoms with E-state index >= 15 is 0 Å². The third-order valence-corrected chi connectivity index (χ3v) is 6.76. The number of rotatable bonds is 5. The van der Waals surface area contributed by atoms with Gasteiger partial charge in [0.25, 0.3) is 0 Å². The van der Waals surface area contributed by atoms with E-state index in [1.54, 1.807) is 36.4 Å². The van der Waals surface area contributed by atoms with Crippen LogP contribution in [0, 0.1) is 0 Å². The summed E-state index contributed by atoms with van der Waals surface area (Å²) in [5.41, 5.74) is 0. The van der Waals surface area contributed by atoms with Crippen LogP contribution in [0.15, 0.2) is 53.4 Å². The monoisotopic (exact) mass is 421 g/mol. The van der Waals surface area contributed by atoms with Gasteiger partial charge in [-0.15, -0.1) is 0 Å². The third kappa shape index (κ3) is 3.32. The van der Waals surface area contributed by atoms with E-state index in [9.17, 15) is 18.0 Å². The zero-order valence-electron chi connectivity index (χ0n) is 14.5. The van der Waals surface area contributed by atoms with Crippen LogP contribution < -0.4 is 10.1 Å². The smallest absolute Gasteiger partial charge is 0.324 e. The number of urea groups is 1. The number of ether oxygens (including phenoxy) is 1. The van der Waals surface area contributed by atoms with Crippen molar-refractivity contribution in [2.24, 2.45) is 0 Å². The molecule has 0 atom stereocenters. The van der Waals surface area contributed by atoms with E-state index in [1.165, 1.54) is 16.4 Å². The fourth-order valence-corrected chi connectivity index (χ4v) is 4.75. The number of hydrogen-bond acceptors (Lipinski definition) is 5. The van der Waals surface area contributed by atoms with Crippen molar-refractivity contribution in [3.63, 3.8) is 0 Å². The molecule has 0 bridgehead atoms. The van der Waals surface area contributed by atoms with E-state index in [0.29, 0.717) is 16.5 Å². The molecule has 0 spiro atoms. The summed E-state index contributed by atoms with van der Waals surface area (Å²) in [6, 6.07) is 12.0. The van der Waals surface area contributed by atoms with Crippen LogP contribution in [0.25, 0.3) is 0 Å². The molecule has 2 aromatic carbocycles. The molecule has 0 aromatic heterocycles. The molecule has 2 aliphatic rings. The third-order valence-electron chi connectivity index (χ3n) is 4.60.